The quantitative estimate of drug-likeness (QED) is 0.744. The maximum absolute atomic E-state index is 11.6. The van der Waals surface area contributed by atoms with Crippen LogP contribution in [0.15, 0.2) is 17.0 Å². The van der Waals surface area contributed by atoms with Crippen LogP contribution in [-0.2, 0) is 10.0 Å². The zero-order valence-electron chi connectivity index (χ0n) is 12.7. The van der Waals surface area contributed by atoms with Gasteiger partial charge in [0.05, 0.1) is 4.90 Å². The predicted molar refractivity (Wildman–Crippen MR) is 86.6 cm³/mol. The van der Waals surface area contributed by atoms with E-state index < -0.39 is 10.0 Å². The first-order valence-corrected chi connectivity index (χ1v) is 9.00. The Balaban J connectivity index is 2.18. The molecule has 1 aromatic rings. The highest BCUT2D eigenvalue weighted by Gasteiger charge is 2.22. The molecule has 0 radical (unpaired) electrons. The van der Waals surface area contributed by atoms with E-state index in [4.69, 9.17) is 10.9 Å². The number of nitrogens with one attached hydrogen (secondary N) is 1. The van der Waals surface area contributed by atoms with E-state index in [-0.39, 0.29) is 4.90 Å². The maximum Gasteiger partial charge on any atom is 0.238 e. The largest absolute Gasteiger partial charge is 0.399 e. The number of benzene rings is 1. The zero-order valence-corrected chi connectivity index (χ0v) is 13.5. The Hall–Kier alpha value is -1.27. The summed E-state index contributed by atoms with van der Waals surface area (Å²) in [6.07, 6.45) is 5.07. The average Bonchev–Trinajstić information content (AvgIpc) is 2.39. The van der Waals surface area contributed by atoms with Crippen molar-refractivity contribution in [2.45, 2.75) is 44.4 Å². The first-order valence-electron chi connectivity index (χ1n) is 7.46. The van der Waals surface area contributed by atoms with Crippen LogP contribution in [0.3, 0.4) is 0 Å². The standard InChI is InChI=1S/C15H25N3O2S/c1-10-5-3-4-6-12(10)9-18-14-7-13(16)8-15(11(14)2)21(17,19)20/h7-8,10,12,18H,3-6,9,16H2,1-2H3,(H2,17,19,20). The minimum absolute atomic E-state index is 0.0988. The summed E-state index contributed by atoms with van der Waals surface area (Å²) in [7, 11) is -3.75. The highest BCUT2D eigenvalue weighted by molar-refractivity contribution is 7.89. The van der Waals surface area contributed by atoms with Crippen LogP contribution < -0.4 is 16.2 Å². The van der Waals surface area contributed by atoms with E-state index in [2.05, 4.69) is 12.2 Å². The maximum atomic E-state index is 11.6. The molecule has 2 atom stereocenters. The SMILES string of the molecule is Cc1c(NCC2CCCCC2C)cc(N)cc1S(N)(=O)=O. The fourth-order valence-corrected chi connectivity index (χ4v) is 3.96. The van der Waals surface area contributed by atoms with Gasteiger partial charge in [-0.3, -0.25) is 0 Å². The van der Waals surface area contributed by atoms with Gasteiger partial charge in [-0.15, -0.1) is 0 Å². The van der Waals surface area contributed by atoms with Gasteiger partial charge in [0.15, 0.2) is 0 Å². The lowest BCUT2D eigenvalue weighted by Crippen LogP contribution is -2.25. The molecule has 0 spiro atoms. The summed E-state index contributed by atoms with van der Waals surface area (Å²) >= 11 is 0. The second-order valence-electron chi connectivity index (χ2n) is 6.14. The van der Waals surface area contributed by atoms with Crippen molar-refractivity contribution >= 4 is 21.4 Å². The van der Waals surface area contributed by atoms with Gasteiger partial charge in [0.25, 0.3) is 0 Å². The van der Waals surface area contributed by atoms with Gasteiger partial charge in [0.2, 0.25) is 10.0 Å². The van der Waals surface area contributed by atoms with Gasteiger partial charge in [-0.05, 0) is 42.9 Å². The molecule has 21 heavy (non-hydrogen) atoms. The molecule has 1 saturated carbocycles. The normalized spacial score (nSPS) is 23.0. The Labute approximate surface area is 127 Å². The third kappa shape index (κ3) is 3.89. The van der Waals surface area contributed by atoms with Crippen molar-refractivity contribution in [2.24, 2.45) is 17.0 Å². The van der Waals surface area contributed by atoms with E-state index in [9.17, 15) is 8.42 Å². The minimum atomic E-state index is -3.75. The second-order valence-corrected chi connectivity index (χ2v) is 7.67. The molecule has 0 aliphatic heterocycles. The molecule has 6 heteroatoms. The molecule has 5 N–H and O–H groups in total. The Kier molecular flexibility index (Phi) is 4.78. The summed E-state index contributed by atoms with van der Waals surface area (Å²) in [5.74, 6) is 1.32. The Morgan fingerprint density at radius 3 is 2.57 bits per heavy atom. The Morgan fingerprint density at radius 1 is 1.29 bits per heavy atom. The lowest BCUT2D eigenvalue weighted by atomic mass is 9.80. The molecule has 1 aliphatic rings. The monoisotopic (exact) mass is 311 g/mol. The van der Waals surface area contributed by atoms with Crippen LogP contribution in [0, 0.1) is 18.8 Å². The van der Waals surface area contributed by atoms with Crippen molar-refractivity contribution in [1.29, 1.82) is 0 Å². The van der Waals surface area contributed by atoms with Crippen LogP contribution in [0.5, 0.6) is 0 Å². The topological polar surface area (TPSA) is 98.2 Å². The number of primary sulfonamides is 1. The van der Waals surface area contributed by atoms with E-state index in [1.54, 1.807) is 13.0 Å². The van der Waals surface area contributed by atoms with Gasteiger partial charge in [-0.25, -0.2) is 13.6 Å². The van der Waals surface area contributed by atoms with Crippen LogP contribution >= 0.6 is 0 Å². The van der Waals surface area contributed by atoms with Crippen LogP contribution in [-0.4, -0.2) is 15.0 Å². The van der Waals surface area contributed by atoms with Gasteiger partial charge in [-0.1, -0.05) is 26.2 Å². The van der Waals surface area contributed by atoms with Crippen LogP contribution in [0.2, 0.25) is 0 Å². The molecule has 2 unspecified atom stereocenters. The van der Waals surface area contributed by atoms with Crippen molar-refractivity contribution in [3.05, 3.63) is 17.7 Å². The van der Waals surface area contributed by atoms with E-state index >= 15 is 0 Å². The van der Waals surface area contributed by atoms with Gasteiger partial charge in [-0.2, -0.15) is 0 Å². The van der Waals surface area contributed by atoms with Crippen molar-refractivity contribution in [1.82, 2.24) is 0 Å². The van der Waals surface area contributed by atoms with E-state index in [0.717, 1.165) is 12.2 Å². The predicted octanol–water partition coefficient (Wildman–Crippen LogP) is 2.46. The smallest absolute Gasteiger partial charge is 0.238 e. The number of rotatable bonds is 4. The molecule has 0 bridgehead atoms. The summed E-state index contributed by atoms with van der Waals surface area (Å²) < 4.78 is 23.2. The van der Waals surface area contributed by atoms with Crippen LogP contribution in [0.25, 0.3) is 0 Å². The zero-order chi connectivity index (χ0) is 15.6. The summed E-state index contributed by atoms with van der Waals surface area (Å²) in [5, 5.41) is 8.61. The lowest BCUT2D eigenvalue weighted by Gasteiger charge is -2.29. The van der Waals surface area contributed by atoms with E-state index in [0.29, 0.717) is 23.1 Å². The molecule has 5 nitrogen and oxygen atoms in total. The number of nitrogens with two attached hydrogens (primary N) is 2. The molecular formula is C15H25N3O2S. The van der Waals surface area contributed by atoms with Crippen molar-refractivity contribution in [3.8, 4) is 0 Å². The van der Waals surface area contributed by atoms with Gasteiger partial charge >= 0.3 is 0 Å². The molecule has 0 heterocycles. The van der Waals surface area contributed by atoms with Crippen molar-refractivity contribution in [3.63, 3.8) is 0 Å². The minimum Gasteiger partial charge on any atom is -0.399 e. The summed E-state index contributed by atoms with van der Waals surface area (Å²) in [5.41, 5.74) is 7.60. The Bertz CT molecular complexity index is 614. The van der Waals surface area contributed by atoms with Gasteiger partial charge in [0, 0.05) is 17.9 Å². The fourth-order valence-electron chi connectivity index (χ4n) is 3.13. The highest BCUT2D eigenvalue weighted by Crippen LogP contribution is 2.31. The highest BCUT2D eigenvalue weighted by atomic mass is 32.2. The molecule has 1 fully saturated rings. The Morgan fingerprint density at radius 2 is 1.95 bits per heavy atom. The average molecular weight is 311 g/mol. The fraction of sp³-hybridized carbons (Fsp3) is 0.600. The molecule has 1 aromatic carbocycles. The first-order chi connectivity index (χ1) is 9.79. The molecule has 0 aromatic heterocycles. The number of sulfonamides is 1. The summed E-state index contributed by atoms with van der Waals surface area (Å²) in [4.78, 5) is 0.0988. The third-order valence-corrected chi connectivity index (χ3v) is 5.57. The summed E-state index contributed by atoms with van der Waals surface area (Å²) in [6, 6.07) is 3.19. The van der Waals surface area contributed by atoms with E-state index in [1.807, 2.05) is 0 Å². The van der Waals surface area contributed by atoms with Crippen LogP contribution in [0.4, 0.5) is 11.4 Å². The summed E-state index contributed by atoms with van der Waals surface area (Å²) in [6.45, 7) is 4.88. The number of nitrogen functional groups attached to an aromatic ring is 1. The molecule has 118 valence electrons. The first kappa shape index (κ1) is 16.1. The van der Waals surface area contributed by atoms with Gasteiger partial charge in [0.1, 0.15) is 0 Å². The van der Waals surface area contributed by atoms with Gasteiger partial charge < -0.3 is 11.1 Å². The van der Waals surface area contributed by atoms with Crippen LogP contribution in [0.1, 0.15) is 38.2 Å². The van der Waals surface area contributed by atoms with Crippen molar-refractivity contribution in [2.75, 3.05) is 17.6 Å². The molecule has 0 amide bonds. The third-order valence-electron chi connectivity index (χ3n) is 4.53. The van der Waals surface area contributed by atoms with E-state index in [1.165, 1.54) is 31.7 Å². The number of hydrogen-bond donors (Lipinski definition) is 3. The molecule has 0 saturated heterocycles. The molecular weight excluding hydrogens is 286 g/mol. The molecule has 1 aliphatic carbocycles. The van der Waals surface area contributed by atoms with Crippen molar-refractivity contribution < 1.29 is 8.42 Å². The number of hydrogen-bond acceptors (Lipinski definition) is 4. The number of anilines is 2. The lowest BCUT2D eigenvalue weighted by molar-refractivity contribution is 0.268. The second kappa shape index (κ2) is 6.23. The molecule has 2 rings (SSSR count).